The Balaban J connectivity index is 11.0. The van der Waals surface area contributed by atoms with Crippen molar-refractivity contribution in [2.45, 2.75) is 164 Å². The van der Waals surface area contributed by atoms with E-state index in [9.17, 15) is 112 Å². The standard InChI is InChI=1S/C42H84O22/c1-2-3-4-5-6-38(7-27(53)17-43,8-28(54)18-44)40(11-31(57)21-47,12-32(58)22-48)42(15-35(61)25-51,16-36(62)26-52)41(13-33(59)23-49,14-34(60)24-50)39(37(63)64,9-29(55)19-45)10-30(56)20-46/h27-36,43-62H,2-26H2,1H3,(H,63,64). The summed E-state index contributed by atoms with van der Waals surface area (Å²) in [6.07, 6.45) is -30.1. The lowest BCUT2D eigenvalue weighted by Gasteiger charge is -2.73. The van der Waals surface area contributed by atoms with Crippen molar-refractivity contribution in [2.75, 3.05) is 66.1 Å². The van der Waals surface area contributed by atoms with Crippen molar-refractivity contribution in [2.24, 2.45) is 27.1 Å². The van der Waals surface area contributed by atoms with Crippen LogP contribution in [0.3, 0.4) is 0 Å². The fraction of sp³-hybridized carbons (Fsp3) is 0.976. The largest absolute Gasteiger partial charge is 0.481 e. The first-order valence-corrected chi connectivity index (χ1v) is 22.2. The fourth-order valence-corrected chi connectivity index (χ4v) is 11.5. The van der Waals surface area contributed by atoms with Crippen LogP contribution < -0.4 is 0 Å². The highest BCUT2D eigenvalue weighted by Crippen LogP contribution is 2.77. The second-order valence-corrected chi connectivity index (χ2v) is 18.1. The van der Waals surface area contributed by atoms with Crippen LogP contribution in [0.2, 0.25) is 0 Å². The molecule has 64 heavy (non-hydrogen) atoms. The second-order valence-electron chi connectivity index (χ2n) is 18.1. The van der Waals surface area contributed by atoms with Gasteiger partial charge in [0.1, 0.15) is 0 Å². The Hall–Kier alpha value is -1.33. The van der Waals surface area contributed by atoms with Crippen molar-refractivity contribution >= 4 is 5.97 Å². The molecule has 22 heteroatoms. The summed E-state index contributed by atoms with van der Waals surface area (Å²) in [4.78, 5) is 14.7. The van der Waals surface area contributed by atoms with Gasteiger partial charge in [-0.05, 0) is 92.3 Å². The van der Waals surface area contributed by atoms with E-state index in [2.05, 4.69) is 0 Å². The van der Waals surface area contributed by atoms with Crippen LogP contribution in [-0.2, 0) is 4.79 Å². The zero-order valence-corrected chi connectivity index (χ0v) is 37.3. The van der Waals surface area contributed by atoms with Gasteiger partial charge in [-0.25, -0.2) is 0 Å². The van der Waals surface area contributed by atoms with Crippen LogP contribution in [0.4, 0.5) is 0 Å². The predicted molar refractivity (Wildman–Crippen MR) is 226 cm³/mol. The van der Waals surface area contributed by atoms with Gasteiger partial charge in [-0.3, -0.25) is 4.79 Å². The minimum atomic E-state index is -3.10. The molecule has 0 spiro atoms. The first kappa shape index (κ1) is 62.7. The van der Waals surface area contributed by atoms with Gasteiger partial charge in [0.2, 0.25) is 0 Å². The van der Waals surface area contributed by atoms with Crippen LogP contribution in [0.1, 0.15) is 103 Å². The van der Waals surface area contributed by atoms with Gasteiger partial charge in [-0.15, -0.1) is 0 Å². The molecule has 0 saturated carbocycles. The quantitative estimate of drug-likeness (QED) is 0.0255. The number of hydrogen-bond acceptors (Lipinski definition) is 21. The van der Waals surface area contributed by atoms with E-state index in [1.54, 1.807) is 0 Å². The maximum Gasteiger partial charge on any atom is 0.310 e. The third-order valence-electron chi connectivity index (χ3n) is 13.7. The lowest BCUT2D eigenvalue weighted by molar-refractivity contribution is -0.290. The molecule has 22 nitrogen and oxygen atoms in total. The molecule has 0 bridgehead atoms. The summed E-state index contributed by atoms with van der Waals surface area (Å²) in [5.41, 5.74) is -13.8. The molecule has 10 atom stereocenters. The summed E-state index contributed by atoms with van der Waals surface area (Å²) < 4.78 is 0. The van der Waals surface area contributed by atoms with Gasteiger partial charge in [0, 0.05) is 0 Å². The first-order valence-electron chi connectivity index (χ1n) is 22.2. The summed E-state index contributed by atoms with van der Waals surface area (Å²) in [7, 11) is 0. The lowest BCUT2D eigenvalue weighted by atomic mass is 9.31. The molecular weight excluding hydrogens is 856 g/mol. The van der Waals surface area contributed by atoms with Crippen LogP contribution in [0.25, 0.3) is 0 Å². The smallest absolute Gasteiger partial charge is 0.310 e. The highest BCUT2D eigenvalue weighted by atomic mass is 16.4. The Kier molecular flexibility index (Phi) is 29.6. The number of unbranched alkanes of at least 4 members (excludes halogenated alkanes) is 3. The molecule has 0 amide bonds. The maximum absolute atomic E-state index is 14.7. The van der Waals surface area contributed by atoms with Crippen LogP contribution in [0.5, 0.6) is 0 Å². The monoisotopic (exact) mass is 941 g/mol. The molecule has 384 valence electrons. The van der Waals surface area contributed by atoms with Crippen LogP contribution >= 0.6 is 0 Å². The van der Waals surface area contributed by atoms with Gasteiger partial charge in [-0.2, -0.15) is 0 Å². The third kappa shape index (κ3) is 15.6. The van der Waals surface area contributed by atoms with E-state index >= 15 is 0 Å². The number of aliphatic hydroxyl groups excluding tert-OH is 20. The fourth-order valence-electron chi connectivity index (χ4n) is 11.5. The number of aliphatic hydroxyl groups is 20. The SMILES string of the molecule is CCCCCCC(CC(O)CO)(CC(O)CO)C(CC(O)CO)(CC(O)CO)C(CC(O)CO)(CC(O)CO)C(CC(O)CO)(CC(O)CO)C(CC(O)CO)(CC(O)CO)C(=O)O. The van der Waals surface area contributed by atoms with Crippen LogP contribution in [0, 0.1) is 27.1 Å². The van der Waals surface area contributed by atoms with Gasteiger partial charge in [-0.1, -0.05) is 32.6 Å². The number of hydrogen-bond donors (Lipinski definition) is 21. The van der Waals surface area contributed by atoms with Crippen LogP contribution in [-0.4, -0.2) is 240 Å². The molecule has 0 aromatic carbocycles. The number of carboxylic acids is 1. The van der Waals surface area contributed by atoms with Crippen molar-refractivity contribution in [1.29, 1.82) is 0 Å². The van der Waals surface area contributed by atoms with Gasteiger partial charge in [0.25, 0.3) is 0 Å². The summed E-state index contributed by atoms with van der Waals surface area (Å²) in [6.45, 7) is -9.98. The molecule has 0 aromatic heterocycles. The minimum Gasteiger partial charge on any atom is -0.481 e. The molecule has 10 unspecified atom stereocenters. The molecule has 0 aliphatic carbocycles. The van der Waals surface area contributed by atoms with Gasteiger partial charge < -0.3 is 107 Å². The zero-order chi connectivity index (χ0) is 49.5. The molecule has 0 saturated heterocycles. The van der Waals surface area contributed by atoms with Crippen molar-refractivity contribution < 1.29 is 112 Å². The summed E-state index contributed by atoms with van der Waals surface area (Å²) in [5.74, 6) is -2.05. The number of carbonyl (C=O) groups is 1. The van der Waals surface area contributed by atoms with Crippen molar-refractivity contribution in [1.82, 2.24) is 0 Å². The van der Waals surface area contributed by atoms with E-state index in [1.165, 1.54) is 0 Å². The Labute approximate surface area is 375 Å². The van der Waals surface area contributed by atoms with Gasteiger partial charge in [0.05, 0.1) is 133 Å². The summed E-state index contributed by atoms with van der Waals surface area (Å²) in [5, 5.41) is 235. The Morgan fingerprint density at radius 2 is 0.594 bits per heavy atom. The minimum absolute atomic E-state index is 0.0829. The molecular formula is C42H84O22. The average Bonchev–Trinajstić information content (AvgIpc) is 3.27. The number of carboxylic acid groups (broad SMARTS) is 1. The molecule has 0 rings (SSSR count). The third-order valence-corrected chi connectivity index (χ3v) is 13.7. The second kappa shape index (κ2) is 30.2. The Morgan fingerprint density at radius 1 is 0.344 bits per heavy atom. The maximum atomic E-state index is 14.7. The van der Waals surface area contributed by atoms with E-state index in [-0.39, 0.29) is 12.8 Å². The molecule has 0 aliphatic rings. The molecule has 0 heterocycles. The molecule has 0 aromatic rings. The number of rotatable bonds is 40. The molecule has 0 radical (unpaired) electrons. The van der Waals surface area contributed by atoms with E-state index < -0.39 is 224 Å². The molecule has 0 aliphatic heterocycles. The van der Waals surface area contributed by atoms with Gasteiger partial charge in [0.15, 0.2) is 0 Å². The van der Waals surface area contributed by atoms with E-state index in [1.807, 2.05) is 6.92 Å². The average molecular weight is 941 g/mol. The summed E-state index contributed by atoms with van der Waals surface area (Å²) >= 11 is 0. The first-order chi connectivity index (χ1) is 30.0. The normalized spacial score (nSPS) is 22.0. The predicted octanol–water partition coefficient (Wildman–Crippen LogP) is -5.59. The molecule has 21 N–H and O–H groups in total. The van der Waals surface area contributed by atoms with Gasteiger partial charge >= 0.3 is 5.97 Å². The van der Waals surface area contributed by atoms with E-state index in [0.717, 1.165) is 0 Å². The molecule has 0 fully saturated rings. The van der Waals surface area contributed by atoms with Crippen molar-refractivity contribution in [3.63, 3.8) is 0 Å². The lowest BCUT2D eigenvalue weighted by Crippen LogP contribution is -2.72. The highest BCUT2D eigenvalue weighted by Gasteiger charge is 2.76. The number of aliphatic carboxylic acids is 1. The Morgan fingerprint density at radius 3 is 0.859 bits per heavy atom. The highest BCUT2D eigenvalue weighted by molar-refractivity contribution is 5.76. The summed E-state index contributed by atoms with van der Waals surface area (Å²) in [6, 6.07) is 0. The van der Waals surface area contributed by atoms with Crippen LogP contribution in [0.15, 0.2) is 0 Å². The van der Waals surface area contributed by atoms with E-state index in [0.29, 0.717) is 19.3 Å². The van der Waals surface area contributed by atoms with Crippen molar-refractivity contribution in [3.8, 4) is 0 Å². The zero-order valence-electron chi connectivity index (χ0n) is 37.3. The topological polar surface area (TPSA) is 442 Å². The van der Waals surface area contributed by atoms with E-state index in [4.69, 9.17) is 0 Å². The Bertz CT molecular complexity index is 1170. The van der Waals surface area contributed by atoms with Crippen molar-refractivity contribution in [3.05, 3.63) is 0 Å².